The summed E-state index contributed by atoms with van der Waals surface area (Å²) in [4.78, 5) is 22.2. The maximum atomic E-state index is 13.6. The number of aliphatic imine (C=N–C) groups is 1. The van der Waals surface area contributed by atoms with Crippen LogP contribution in [0.1, 0.15) is 25.5 Å². The van der Waals surface area contributed by atoms with Gasteiger partial charge in [-0.2, -0.15) is 4.98 Å². The van der Waals surface area contributed by atoms with Crippen LogP contribution in [0.4, 0.5) is 10.2 Å². The lowest BCUT2D eigenvalue weighted by molar-refractivity contribution is -0.0355. The smallest absolute Gasteiger partial charge is 0.351 e. The van der Waals surface area contributed by atoms with Crippen molar-refractivity contribution in [1.29, 1.82) is 0 Å². The van der Waals surface area contributed by atoms with Gasteiger partial charge in [0.1, 0.15) is 18.5 Å². The standard InChI is InChI=1S/C14H19FN4O3/c15-10-7-13(22-11(10)8-20)19-6-3-12(17-14(19)21)16-9-18-4-1-2-5-18/h3,6,9-11,13,20H,1-2,4-5,7-8H2/t10-,11+,13+/m0/s1. The molecule has 3 atom stereocenters. The first kappa shape index (κ1) is 15.1. The van der Waals surface area contributed by atoms with E-state index in [9.17, 15) is 9.18 Å². The zero-order valence-electron chi connectivity index (χ0n) is 12.1. The predicted octanol–water partition coefficient (Wildman–Crippen LogP) is 0.617. The Labute approximate surface area is 127 Å². The molecule has 2 fully saturated rings. The second kappa shape index (κ2) is 6.53. The Hall–Kier alpha value is -1.80. The number of nitrogens with zero attached hydrogens (tertiary/aromatic N) is 4. The third-order valence-corrected chi connectivity index (χ3v) is 3.96. The van der Waals surface area contributed by atoms with Crippen LogP contribution in [0.25, 0.3) is 0 Å². The number of hydrogen-bond acceptors (Lipinski definition) is 5. The molecule has 3 rings (SSSR count). The SMILES string of the molecule is O=c1nc(N=CN2CCCC2)ccn1[C@H]1C[C@H](F)[C@@H](CO)O1. The summed E-state index contributed by atoms with van der Waals surface area (Å²) >= 11 is 0. The highest BCUT2D eigenvalue weighted by atomic mass is 19.1. The van der Waals surface area contributed by atoms with E-state index in [1.807, 2.05) is 0 Å². The molecule has 0 unspecified atom stereocenters. The van der Waals surface area contributed by atoms with E-state index < -0.39 is 30.8 Å². The van der Waals surface area contributed by atoms with Crippen LogP contribution in [0.15, 0.2) is 22.1 Å². The third kappa shape index (κ3) is 3.17. The maximum Gasteiger partial charge on any atom is 0.351 e. The van der Waals surface area contributed by atoms with Crippen molar-refractivity contribution in [2.24, 2.45) is 4.99 Å². The molecule has 0 radical (unpaired) electrons. The number of rotatable bonds is 4. The van der Waals surface area contributed by atoms with Crippen LogP contribution < -0.4 is 5.69 Å². The van der Waals surface area contributed by atoms with Crippen molar-refractivity contribution in [3.63, 3.8) is 0 Å². The first-order valence-electron chi connectivity index (χ1n) is 7.45. The monoisotopic (exact) mass is 310 g/mol. The molecular formula is C14H19FN4O3. The van der Waals surface area contributed by atoms with Crippen LogP contribution >= 0.6 is 0 Å². The van der Waals surface area contributed by atoms with Gasteiger partial charge in [0.15, 0.2) is 5.82 Å². The minimum absolute atomic E-state index is 0.0310. The normalized spacial score (nSPS) is 28.8. The number of hydrogen-bond donors (Lipinski definition) is 1. The average molecular weight is 310 g/mol. The van der Waals surface area contributed by atoms with E-state index >= 15 is 0 Å². The van der Waals surface area contributed by atoms with Crippen LogP contribution in [0, 0.1) is 0 Å². The number of aromatic nitrogens is 2. The van der Waals surface area contributed by atoms with Crippen molar-refractivity contribution >= 4 is 12.2 Å². The second-order valence-corrected chi connectivity index (χ2v) is 5.53. The molecule has 2 aliphatic rings. The number of halogens is 1. The first-order valence-corrected chi connectivity index (χ1v) is 7.45. The van der Waals surface area contributed by atoms with Gasteiger partial charge in [-0.1, -0.05) is 0 Å². The minimum atomic E-state index is -1.28. The van der Waals surface area contributed by atoms with Gasteiger partial charge in [-0.25, -0.2) is 14.2 Å². The summed E-state index contributed by atoms with van der Waals surface area (Å²) in [6, 6.07) is 1.59. The van der Waals surface area contributed by atoms with Crippen LogP contribution in [0.5, 0.6) is 0 Å². The number of aliphatic hydroxyl groups is 1. The van der Waals surface area contributed by atoms with Gasteiger partial charge in [-0.3, -0.25) is 4.57 Å². The van der Waals surface area contributed by atoms with E-state index in [1.54, 1.807) is 12.4 Å². The van der Waals surface area contributed by atoms with Crippen LogP contribution in [-0.4, -0.2) is 57.9 Å². The Balaban J connectivity index is 1.71. The summed E-state index contributed by atoms with van der Waals surface area (Å²) in [6.45, 7) is 1.53. The Kier molecular flexibility index (Phi) is 4.49. The summed E-state index contributed by atoms with van der Waals surface area (Å²) in [5.41, 5.74) is -0.535. The summed E-state index contributed by atoms with van der Waals surface area (Å²) in [7, 11) is 0. The van der Waals surface area contributed by atoms with E-state index in [0.29, 0.717) is 5.82 Å². The summed E-state index contributed by atoms with van der Waals surface area (Å²) < 4.78 is 20.1. The lowest BCUT2D eigenvalue weighted by Gasteiger charge is -2.14. The lowest BCUT2D eigenvalue weighted by Crippen LogP contribution is -2.27. The Bertz CT molecular complexity index is 600. The molecule has 2 aliphatic heterocycles. The Morgan fingerprint density at radius 2 is 2.27 bits per heavy atom. The Morgan fingerprint density at radius 1 is 1.50 bits per heavy atom. The molecule has 0 aromatic carbocycles. The quantitative estimate of drug-likeness (QED) is 0.651. The average Bonchev–Trinajstić information content (AvgIpc) is 3.14. The highest BCUT2D eigenvalue weighted by Gasteiger charge is 2.36. The number of likely N-dealkylation sites (tertiary alicyclic amines) is 1. The molecule has 3 heterocycles. The van der Waals surface area contributed by atoms with Crippen LogP contribution in [0.2, 0.25) is 0 Å². The molecular weight excluding hydrogens is 291 g/mol. The van der Waals surface area contributed by atoms with Crippen molar-refractivity contribution in [3.8, 4) is 0 Å². The molecule has 0 bridgehead atoms. The van der Waals surface area contributed by atoms with Crippen molar-refractivity contribution in [2.75, 3.05) is 19.7 Å². The highest BCUT2D eigenvalue weighted by molar-refractivity contribution is 5.59. The molecule has 0 amide bonds. The molecule has 120 valence electrons. The zero-order chi connectivity index (χ0) is 15.5. The van der Waals surface area contributed by atoms with Crippen molar-refractivity contribution in [2.45, 2.75) is 37.8 Å². The molecule has 22 heavy (non-hydrogen) atoms. The van der Waals surface area contributed by atoms with Gasteiger partial charge in [-0.15, -0.1) is 0 Å². The second-order valence-electron chi connectivity index (χ2n) is 5.53. The molecule has 1 N–H and O–H groups in total. The minimum Gasteiger partial charge on any atom is -0.394 e. The van der Waals surface area contributed by atoms with E-state index in [1.165, 1.54) is 10.8 Å². The van der Waals surface area contributed by atoms with Crippen LogP contribution in [0.3, 0.4) is 0 Å². The first-order chi connectivity index (χ1) is 10.7. The number of alkyl halides is 1. The third-order valence-electron chi connectivity index (χ3n) is 3.96. The lowest BCUT2D eigenvalue weighted by atomic mass is 10.2. The van der Waals surface area contributed by atoms with Gasteiger partial charge < -0.3 is 14.7 Å². The number of ether oxygens (including phenoxy) is 1. The van der Waals surface area contributed by atoms with Gasteiger partial charge >= 0.3 is 5.69 Å². The largest absolute Gasteiger partial charge is 0.394 e. The van der Waals surface area contributed by atoms with Gasteiger partial charge in [0, 0.05) is 25.7 Å². The van der Waals surface area contributed by atoms with Crippen molar-refractivity contribution in [1.82, 2.24) is 14.5 Å². The van der Waals surface area contributed by atoms with Gasteiger partial charge in [0.2, 0.25) is 0 Å². The molecule has 0 saturated carbocycles. The molecule has 0 aliphatic carbocycles. The van der Waals surface area contributed by atoms with Gasteiger partial charge in [0.25, 0.3) is 0 Å². The molecule has 8 heteroatoms. The van der Waals surface area contributed by atoms with E-state index in [-0.39, 0.29) is 6.42 Å². The highest BCUT2D eigenvalue weighted by Crippen LogP contribution is 2.29. The van der Waals surface area contributed by atoms with Gasteiger partial charge in [0.05, 0.1) is 12.9 Å². The number of aliphatic hydroxyl groups excluding tert-OH is 1. The zero-order valence-corrected chi connectivity index (χ0v) is 12.1. The van der Waals surface area contributed by atoms with E-state index in [4.69, 9.17) is 9.84 Å². The molecule has 1 aromatic heterocycles. The summed E-state index contributed by atoms with van der Waals surface area (Å²) in [6.07, 6.45) is 2.63. The summed E-state index contributed by atoms with van der Waals surface area (Å²) in [5, 5.41) is 9.00. The van der Waals surface area contributed by atoms with E-state index in [2.05, 4.69) is 14.9 Å². The predicted molar refractivity (Wildman–Crippen MR) is 78.0 cm³/mol. The molecule has 0 spiro atoms. The fraction of sp³-hybridized carbons (Fsp3) is 0.643. The topological polar surface area (TPSA) is 80.0 Å². The maximum absolute atomic E-state index is 13.6. The molecule has 7 nitrogen and oxygen atoms in total. The molecule has 2 saturated heterocycles. The molecule has 1 aromatic rings. The van der Waals surface area contributed by atoms with E-state index in [0.717, 1.165) is 25.9 Å². The fourth-order valence-electron chi connectivity index (χ4n) is 2.72. The van der Waals surface area contributed by atoms with Gasteiger partial charge in [-0.05, 0) is 18.9 Å². The van der Waals surface area contributed by atoms with Crippen molar-refractivity contribution < 1.29 is 14.2 Å². The Morgan fingerprint density at radius 3 is 2.91 bits per heavy atom. The fourth-order valence-corrected chi connectivity index (χ4v) is 2.72. The van der Waals surface area contributed by atoms with Crippen molar-refractivity contribution in [3.05, 3.63) is 22.7 Å². The van der Waals surface area contributed by atoms with Crippen LogP contribution in [-0.2, 0) is 4.74 Å². The summed E-state index contributed by atoms with van der Waals surface area (Å²) in [5.74, 6) is 0.321.